The van der Waals surface area contributed by atoms with Gasteiger partial charge < -0.3 is 10.5 Å². The van der Waals surface area contributed by atoms with Crippen LogP contribution in [0.2, 0.25) is 0 Å². The molecule has 2 N–H and O–H groups in total. The first-order valence-corrected chi connectivity index (χ1v) is 8.30. The molecule has 114 valence electrons. The first-order chi connectivity index (χ1) is 10.7. The van der Waals surface area contributed by atoms with Gasteiger partial charge in [0.15, 0.2) is 0 Å². The maximum absolute atomic E-state index is 13.7. The molecule has 1 aliphatic rings. The van der Waals surface area contributed by atoms with Gasteiger partial charge in [-0.2, -0.15) is 0 Å². The summed E-state index contributed by atoms with van der Waals surface area (Å²) >= 11 is 1.45. The Hall–Kier alpha value is -1.88. The standard InChI is InChI=1S/C17H17FN2OS/c18-15-8-4-1-5-11(15)10-22-17-13-7-3-2-6-12(13)14(9-19)16(21)20-17/h1,4-5,8-9,19H,2-3,6-7,10H2,(H,20,21). The number of fused-ring (bicyclic) bond motifs is 1. The molecule has 0 amide bonds. The van der Waals surface area contributed by atoms with E-state index in [4.69, 9.17) is 5.41 Å². The van der Waals surface area contributed by atoms with Crippen LogP contribution in [0.3, 0.4) is 0 Å². The summed E-state index contributed by atoms with van der Waals surface area (Å²) in [5, 5.41) is 18.3. The highest BCUT2D eigenvalue weighted by molar-refractivity contribution is 7.98. The van der Waals surface area contributed by atoms with Crippen molar-refractivity contribution in [2.75, 3.05) is 0 Å². The summed E-state index contributed by atoms with van der Waals surface area (Å²) in [5.74, 6) is 0.172. The van der Waals surface area contributed by atoms with Gasteiger partial charge in [0, 0.05) is 12.0 Å². The Morgan fingerprint density at radius 1 is 1.23 bits per heavy atom. The second-order valence-electron chi connectivity index (χ2n) is 5.34. The van der Waals surface area contributed by atoms with Crippen LogP contribution >= 0.6 is 11.8 Å². The zero-order valence-corrected chi connectivity index (χ0v) is 12.9. The van der Waals surface area contributed by atoms with Crippen LogP contribution in [0.25, 0.3) is 0 Å². The lowest BCUT2D eigenvalue weighted by atomic mass is 9.90. The topological polar surface area (TPSA) is 57.0 Å². The van der Waals surface area contributed by atoms with Crippen LogP contribution in [-0.2, 0) is 18.6 Å². The average molecular weight is 316 g/mol. The Morgan fingerprint density at radius 3 is 2.68 bits per heavy atom. The summed E-state index contributed by atoms with van der Waals surface area (Å²) in [7, 11) is 0. The maximum atomic E-state index is 13.7. The Labute approximate surface area is 133 Å². The van der Waals surface area contributed by atoms with Crippen molar-refractivity contribution in [3.8, 4) is 5.88 Å². The lowest BCUT2D eigenvalue weighted by molar-refractivity contribution is 0.443. The van der Waals surface area contributed by atoms with Crippen LogP contribution in [0.15, 0.2) is 29.3 Å². The monoisotopic (exact) mass is 316 g/mol. The molecule has 3 rings (SSSR count). The fourth-order valence-electron chi connectivity index (χ4n) is 2.83. The van der Waals surface area contributed by atoms with Gasteiger partial charge in [-0.1, -0.05) is 18.2 Å². The van der Waals surface area contributed by atoms with Crippen molar-refractivity contribution in [3.63, 3.8) is 0 Å². The van der Waals surface area contributed by atoms with E-state index in [9.17, 15) is 9.50 Å². The molecular weight excluding hydrogens is 299 g/mol. The van der Waals surface area contributed by atoms with Gasteiger partial charge >= 0.3 is 0 Å². The smallest absolute Gasteiger partial charge is 0.221 e. The minimum Gasteiger partial charge on any atom is -0.493 e. The van der Waals surface area contributed by atoms with Crippen LogP contribution < -0.4 is 0 Å². The van der Waals surface area contributed by atoms with Crippen LogP contribution in [-0.4, -0.2) is 16.3 Å². The summed E-state index contributed by atoms with van der Waals surface area (Å²) < 4.78 is 13.7. The van der Waals surface area contributed by atoms with Crippen LogP contribution in [0.1, 0.15) is 35.1 Å². The molecule has 0 bridgehead atoms. The van der Waals surface area contributed by atoms with E-state index in [1.165, 1.54) is 24.0 Å². The molecule has 5 heteroatoms. The van der Waals surface area contributed by atoms with Gasteiger partial charge in [-0.05, 0) is 48.4 Å². The Kier molecular flexibility index (Phi) is 4.43. The molecule has 1 heterocycles. The normalized spacial score (nSPS) is 13.7. The van der Waals surface area contributed by atoms with Crippen LogP contribution in [0.4, 0.5) is 4.39 Å². The zero-order chi connectivity index (χ0) is 15.5. The lowest BCUT2D eigenvalue weighted by Gasteiger charge is -2.21. The molecule has 0 fully saturated rings. The summed E-state index contributed by atoms with van der Waals surface area (Å²) in [4.78, 5) is 4.25. The lowest BCUT2D eigenvalue weighted by Crippen LogP contribution is -2.10. The van der Waals surface area contributed by atoms with E-state index in [2.05, 4.69) is 4.98 Å². The molecule has 0 saturated heterocycles. The number of aromatic nitrogens is 1. The Balaban J connectivity index is 1.92. The summed E-state index contributed by atoms with van der Waals surface area (Å²) in [6.45, 7) is 0. The molecule has 3 nitrogen and oxygen atoms in total. The number of pyridine rings is 1. The highest BCUT2D eigenvalue weighted by Crippen LogP contribution is 2.36. The van der Waals surface area contributed by atoms with E-state index < -0.39 is 0 Å². The van der Waals surface area contributed by atoms with Crippen LogP contribution in [0.5, 0.6) is 5.88 Å². The molecule has 0 radical (unpaired) electrons. The minimum absolute atomic E-state index is 0.0910. The number of thioether (sulfide) groups is 1. The van der Waals surface area contributed by atoms with Gasteiger partial charge in [-0.3, -0.25) is 0 Å². The summed E-state index contributed by atoms with van der Waals surface area (Å²) in [6.07, 6.45) is 5.10. The predicted molar refractivity (Wildman–Crippen MR) is 86.4 cm³/mol. The van der Waals surface area contributed by atoms with Crippen molar-refractivity contribution < 1.29 is 9.50 Å². The number of aromatic hydroxyl groups is 1. The van der Waals surface area contributed by atoms with Crippen molar-refractivity contribution in [1.82, 2.24) is 4.98 Å². The minimum atomic E-state index is -0.218. The molecule has 0 unspecified atom stereocenters. The molecule has 0 atom stereocenters. The van der Waals surface area contributed by atoms with Gasteiger partial charge in [-0.15, -0.1) is 11.8 Å². The Bertz CT molecular complexity index is 718. The molecule has 22 heavy (non-hydrogen) atoms. The van der Waals surface area contributed by atoms with E-state index in [1.807, 2.05) is 6.07 Å². The fraction of sp³-hybridized carbons (Fsp3) is 0.294. The SMILES string of the molecule is N=Cc1c(O)nc(SCc2ccccc2F)c2c1CCCC2. The van der Waals surface area contributed by atoms with Crippen molar-refractivity contribution in [2.24, 2.45) is 0 Å². The average Bonchev–Trinajstić information content (AvgIpc) is 2.54. The van der Waals surface area contributed by atoms with E-state index in [-0.39, 0.29) is 11.7 Å². The summed E-state index contributed by atoms with van der Waals surface area (Å²) in [6, 6.07) is 6.71. The molecule has 0 saturated carbocycles. The number of rotatable bonds is 4. The number of nitrogens with zero attached hydrogens (tertiary/aromatic N) is 1. The summed E-state index contributed by atoms with van der Waals surface area (Å²) in [5.41, 5.74) is 3.31. The quantitative estimate of drug-likeness (QED) is 0.659. The third-order valence-corrected chi connectivity index (χ3v) is 5.03. The van der Waals surface area contributed by atoms with E-state index in [0.29, 0.717) is 16.9 Å². The number of nitrogens with one attached hydrogen (secondary N) is 1. The number of hydrogen-bond donors (Lipinski definition) is 2. The Morgan fingerprint density at radius 2 is 1.95 bits per heavy atom. The van der Waals surface area contributed by atoms with E-state index >= 15 is 0 Å². The van der Waals surface area contributed by atoms with Gasteiger partial charge in [0.25, 0.3) is 0 Å². The van der Waals surface area contributed by atoms with Gasteiger partial charge in [0.1, 0.15) is 10.8 Å². The fourth-order valence-corrected chi connectivity index (χ4v) is 3.91. The molecule has 1 aromatic carbocycles. The largest absolute Gasteiger partial charge is 0.493 e. The highest BCUT2D eigenvalue weighted by Gasteiger charge is 2.21. The second kappa shape index (κ2) is 6.48. The molecule has 1 aliphatic carbocycles. The highest BCUT2D eigenvalue weighted by atomic mass is 32.2. The molecular formula is C17H17FN2OS. The van der Waals surface area contributed by atoms with Gasteiger partial charge in [-0.25, -0.2) is 9.37 Å². The van der Waals surface area contributed by atoms with Crippen molar-refractivity contribution in [3.05, 3.63) is 52.3 Å². The van der Waals surface area contributed by atoms with Crippen LogP contribution in [0, 0.1) is 11.2 Å². The van der Waals surface area contributed by atoms with E-state index in [1.54, 1.807) is 12.1 Å². The predicted octanol–water partition coefficient (Wildman–Crippen LogP) is 4.10. The maximum Gasteiger partial charge on any atom is 0.221 e. The molecule has 0 spiro atoms. The number of benzene rings is 1. The van der Waals surface area contributed by atoms with Crippen molar-refractivity contribution in [2.45, 2.75) is 36.5 Å². The first kappa shape index (κ1) is 15.0. The van der Waals surface area contributed by atoms with Gasteiger partial charge in [0.05, 0.1) is 5.56 Å². The number of halogens is 1. The van der Waals surface area contributed by atoms with E-state index in [0.717, 1.165) is 41.8 Å². The molecule has 0 aliphatic heterocycles. The first-order valence-electron chi connectivity index (χ1n) is 7.32. The van der Waals surface area contributed by atoms with Gasteiger partial charge in [0.2, 0.25) is 5.88 Å². The zero-order valence-electron chi connectivity index (χ0n) is 12.1. The number of hydrogen-bond acceptors (Lipinski definition) is 4. The molecule has 1 aromatic heterocycles. The van der Waals surface area contributed by atoms with Crippen molar-refractivity contribution in [1.29, 1.82) is 5.41 Å². The third kappa shape index (κ3) is 2.86. The second-order valence-corrected chi connectivity index (χ2v) is 6.31. The van der Waals surface area contributed by atoms with Crippen molar-refractivity contribution >= 4 is 18.0 Å². The third-order valence-electron chi connectivity index (χ3n) is 3.97. The molecule has 2 aromatic rings.